The molecule has 12 rings (SSSR count). The summed E-state index contributed by atoms with van der Waals surface area (Å²) in [7, 11) is 0. The van der Waals surface area contributed by atoms with Crippen LogP contribution < -0.4 is 21.5 Å². The minimum Gasteiger partial charge on any atom is -0.468 e. The Balaban J connectivity index is 1.30. The predicted octanol–water partition coefficient (Wildman–Crippen LogP) is 10.5. The van der Waals surface area contributed by atoms with E-state index >= 15 is 0 Å². The fourth-order valence-corrected chi connectivity index (χ4v) is 9.59. The fraction of sp³-hybridized carbons (Fsp3) is 0.0833. The van der Waals surface area contributed by atoms with Crippen LogP contribution in [0.3, 0.4) is 0 Å². The highest BCUT2D eigenvalue weighted by Gasteiger charge is 2.47. The molecular formula is C48H34BN3O. The van der Waals surface area contributed by atoms with E-state index in [1.54, 1.807) is 0 Å². The maximum absolute atomic E-state index is 7.20. The van der Waals surface area contributed by atoms with Crippen LogP contribution in [-0.2, 0) is 5.41 Å². The number of nitrogens with zero attached hydrogens (tertiary/aromatic N) is 3. The van der Waals surface area contributed by atoms with Gasteiger partial charge in [-0.3, -0.25) is 0 Å². The van der Waals surface area contributed by atoms with Crippen LogP contribution in [0.5, 0.6) is 0 Å². The molecule has 7 aromatic carbocycles. The SMILES string of the molecule is CC(C)(C)c1ccc(N2c3cccc4c3B(c3oc5ccccc5c32)c2c3c(cc5c6ccccc6n-4c25)c2ccccc2n3-c2ccccc2)cc1. The summed E-state index contributed by atoms with van der Waals surface area (Å²) in [6.07, 6.45) is 0. The van der Waals surface area contributed by atoms with Crippen LogP contribution in [0, 0.1) is 0 Å². The topological polar surface area (TPSA) is 26.2 Å². The lowest BCUT2D eigenvalue weighted by Crippen LogP contribution is -2.60. The van der Waals surface area contributed by atoms with Crippen molar-refractivity contribution in [2.24, 2.45) is 0 Å². The van der Waals surface area contributed by atoms with Gasteiger partial charge >= 0.3 is 0 Å². The Hall–Kier alpha value is -6.46. The molecule has 0 saturated carbocycles. The zero-order valence-corrected chi connectivity index (χ0v) is 29.8. The van der Waals surface area contributed by atoms with Gasteiger partial charge < -0.3 is 18.5 Å². The summed E-state index contributed by atoms with van der Waals surface area (Å²) < 4.78 is 12.2. The molecule has 3 aromatic heterocycles. The van der Waals surface area contributed by atoms with Gasteiger partial charge in [0, 0.05) is 49.7 Å². The van der Waals surface area contributed by atoms with Crippen LogP contribution in [0.25, 0.3) is 66.0 Å². The molecule has 0 N–H and O–H groups in total. The number of aromatic nitrogens is 2. The third-order valence-electron chi connectivity index (χ3n) is 11.8. The van der Waals surface area contributed by atoms with Gasteiger partial charge in [0.25, 0.3) is 6.71 Å². The van der Waals surface area contributed by atoms with Crippen LogP contribution in [0.4, 0.5) is 17.1 Å². The van der Waals surface area contributed by atoms with Crippen molar-refractivity contribution in [1.82, 2.24) is 9.13 Å². The van der Waals surface area contributed by atoms with E-state index < -0.39 is 0 Å². The van der Waals surface area contributed by atoms with Gasteiger partial charge in [-0.25, -0.2) is 0 Å². The average Bonchev–Trinajstić information content (AvgIpc) is 3.85. The van der Waals surface area contributed by atoms with Gasteiger partial charge in [0.2, 0.25) is 0 Å². The molecule has 0 fully saturated rings. The van der Waals surface area contributed by atoms with Crippen molar-refractivity contribution in [2.45, 2.75) is 26.2 Å². The second kappa shape index (κ2) is 10.1. The molecule has 250 valence electrons. The minimum atomic E-state index is -0.150. The Labute approximate surface area is 307 Å². The molecule has 0 bridgehead atoms. The molecule has 4 nitrogen and oxygen atoms in total. The predicted molar refractivity (Wildman–Crippen MR) is 223 cm³/mol. The first kappa shape index (κ1) is 29.2. The van der Waals surface area contributed by atoms with Gasteiger partial charge in [-0.05, 0) is 88.6 Å². The molecule has 10 aromatic rings. The van der Waals surface area contributed by atoms with Crippen molar-refractivity contribution in [1.29, 1.82) is 0 Å². The normalized spacial score (nSPS) is 13.5. The van der Waals surface area contributed by atoms with E-state index in [0.717, 1.165) is 33.7 Å². The molecule has 0 aliphatic carbocycles. The van der Waals surface area contributed by atoms with Gasteiger partial charge in [-0.15, -0.1) is 0 Å². The maximum Gasteiger partial charge on any atom is 0.299 e. The number of hydrogen-bond donors (Lipinski definition) is 0. The molecule has 0 spiro atoms. The molecule has 0 saturated heterocycles. The second-order valence-corrected chi connectivity index (χ2v) is 15.7. The summed E-state index contributed by atoms with van der Waals surface area (Å²) in [5.74, 6) is 0. The molecule has 0 radical (unpaired) electrons. The van der Waals surface area contributed by atoms with E-state index in [2.05, 4.69) is 186 Å². The second-order valence-electron chi connectivity index (χ2n) is 15.7. The van der Waals surface area contributed by atoms with Crippen LogP contribution in [0.1, 0.15) is 26.3 Å². The first-order valence-corrected chi connectivity index (χ1v) is 18.6. The fourth-order valence-electron chi connectivity index (χ4n) is 9.59. The molecule has 0 atom stereocenters. The van der Waals surface area contributed by atoms with E-state index in [-0.39, 0.29) is 12.1 Å². The number of rotatable bonds is 2. The van der Waals surface area contributed by atoms with Crippen molar-refractivity contribution >= 4 is 94.9 Å². The summed E-state index contributed by atoms with van der Waals surface area (Å²) in [5, 5.41) is 6.16. The summed E-state index contributed by atoms with van der Waals surface area (Å²) >= 11 is 0. The Kier molecular flexibility index (Phi) is 5.56. The van der Waals surface area contributed by atoms with E-state index in [9.17, 15) is 0 Å². The van der Waals surface area contributed by atoms with Crippen LogP contribution in [-0.4, -0.2) is 15.8 Å². The van der Waals surface area contributed by atoms with Crippen LogP contribution in [0.2, 0.25) is 0 Å². The van der Waals surface area contributed by atoms with Gasteiger partial charge in [0.05, 0.1) is 33.4 Å². The lowest BCUT2D eigenvalue weighted by Gasteiger charge is -2.38. The molecule has 5 heterocycles. The lowest BCUT2D eigenvalue weighted by molar-refractivity contribution is 0.590. The van der Waals surface area contributed by atoms with Crippen molar-refractivity contribution in [3.63, 3.8) is 0 Å². The van der Waals surface area contributed by atoms with Crippen LogP contribution >= 0.6 is 0 Å². The number of furan rings is 1. The quantitative estimate of drug-likeness (QED) is 0.170. The molecule has 0 unspecified atom stereocenters. The number of hydrogen-bond acceptors (Lipinski definition) is 2. The number of anilines is 3. The molecule has 2 aliphatic rings. The molecule has 2 aliphatic heterocycles. The van der Waals surface area contributed by atoms with Crippen molar-refractivity contribution in [3.8, 4) is 11.4 Å². The summed E-state index contributed by atoms with van der Waals surface area (Å²) in [4.78, 5) is 2.46. The van der Waals surface area contributed by atoms with Gasteiger partial charge in [-0.1, -0.05) is 106 Å². The minimum absolute atomic E-state index is 0.0536. The van der Waals surface area contributed by atoms with Crippen LogP contribution in [0.15, 0.2) is 156 Å². The monoisotopic (exact) mass is 679 g/mol. The van der Waals surface area contributed by atoms with E-state index in [0.29, 0.717) is 0 Å². The van der Waals surface area contributed by atoms with E-state index in [4.69, 9.17) is 4.42 Å². The first-order valence-electron chi connectivity index (χ1n) is 18.6. The van der Waals surface area contributed by atoms with E-state index in [1.807, 2.05) is 0 Å². The lowest BCUT2D eigenvalue weighted by atomic mass is 9.35. The van der Waals surface area contributed by atoms with Crippen molar-refractivity contribution in [3.05, 3.63) is 157 Å². The number of fused-ring (bicyclic) bond motifs is 13. The van der Waals surface area contributed by atoms with Gasteiger partial charge in [-0.2, -0.15) is 0 Å². The largest absolute Gasteiger partial charge is 0.468 e. The third-order valence-corrected chi connectivity index (χ3v) is 11.8. The highest BCUT2D eigenvalue weighted by atomic mass is 16.3. The Morgan fingerprint density at radius 1 is 0.491 bits per heavy atom. The molecule has 5 heteroatoms. The number of para-hydroxylation sites is 4. The maximum atomic E-state index is 7.20. The first-order chi connectivity index (χ1) is 26.0. The summed E-state index contributed by atoms with van der Waals surface area (Å²) in [5.41, 5.74) is 16.5. The Bertz CT molecular complexity index is 3160. The van der Waals surface area contributed by atoms with Gasteiger partial charge in [0.15, 0.2) is 0 Å². The Morgan fingerprint density at radius 3 is 1.81 bits per heavy atom. The highest BCUT2D eigenvalue weighted by molar-refractivity contribution is 7.01. The Morgan fingerprint density at radius 2 is 1.09 bits per heavy atom. The van der Waals surface area contributed by atoms with Gasteiger partial charge in [0.1, 0.15) is 5.58 Å². The van der Waals surface area contributed by atoms with Crippen molar-refractivity contribution in [2.75, 3.05) is 4.90 Å². The molecule has 0 amide bonds. The summed E-state index contributed by atoms with van der Waals surface area (Å²) in [6, 6.07) is 55.7. The highest BCUT2D eigenvalue weighted by Crippen LogP contribution is 2.46. The smallest absolute Gasteiger partial charge is 0.299 e. The average molecular weight is 680 g/mol. The summed E-state index contributed by atoms with van der Waals surface area (Å²) in [6.45, 7) is 6.68. The molecular weight excluding hydrogens is 645 g/mol. The van der Waals surface area contributed by atoms with E-state index in [1.165, 1.54) is 71.5 Å². The zero-order valence-electron chi connectivity index (χ0n) is 29.8. The third kappa shape index (κ3) is 3.71. The standard InChI is InChI=1S/C48H34BN3O/c1-48(2,3)29-24-26-31(27-25-29)51-39-21-13-22-40-42(39)49(47-46(51)34-18-9-12-23-41(34)53-47)43-44-35(28-36-33-17-8-11-20-38(33)52(40)45(36)43)32-16-7-10-19-37(32)50(44)30-14-5-4-6-15-30/h4-28H,1-3H3. The zero-order chi connectivity index (χ0) is 35.2. The number of benzene rings is 7. The molecule has 53 heavy (non-hydrogen) atoms. The van der Waals surface area contributed by atoms with Crippen molar-refractivity contribution < 1.29 is 4.42 Å².